The van der Waals surface area contributed by atoms with Gasteiger partial charge in [0.15, 0.2) is 9.84 Å². The molecular weight excluding hydrogens is 370 g/mol. The minimum absolute atomic E-state index is 0.0330. The van der Waals surface area contributed by atoms with E-state index in [0.29, 0.717) is 12.0 Å². The number of hydrogen-bond donors (Lipinski definition) is 0. The predicted molar refractivity (Wildman–Crippen MR) is 102 cm³/mol. The quantitative estimate of drug-likeness (QED) is 0.783. The summed E-state index contributed by atoms with van der Waals surface area (Å²) in [4.78, 5) is 0.248. The number of sulfone groups is 1. The maximum Gasteiger partial charge on any atom is 0.243 e. The summed E-state index contributed by atoms with van der Waals surface area (Å²) in [5.41, 5.74) is 2.35. The molecule has 0 saturated carbocycles. The van der Waals surface area contributed by atoms with Crippen LogP contribution < -0.4 is 0 Å². The lowest BCUT2D eigenvalue weighted by Gasteiger charge is -2.28. The first kappa shape index (κ1) is 19.1. The van der Waals surface area contributed by atoms with Crippen LogP contribution in [0.15, 0.2) is 53.4 Å². The largest absolute Gasteiger partial charge is 0.243 e. The Bertz CT molecular complexity index is 999. The summed E-state index contributed by atoms with van der Waals surface area (Å²) in [6, 6.07) is 14.1. The van der Waals surface area contributed by atoms with Crippen LogP contribution in [0.4, 0.5) is 0 Å². The average molecular weight is 394 g/mol. The van der Waals surface area contributed by atoms with E-state index in [1.54, 1.807) is 19.1 Å². The molecule has 0 unspecified atom stereocenters. The van der Waals surface area contributed by atoms with E-state index in [2.05, 4.69) is 0 Å². The first-order valence-electron chi connectivity index (χ1n) is 8.52. The summed E-state index contributed by atoms with van der Waals surface area (Å²) in [6.07, 6.45) is 0.333. The first-order chi connectivity index (χ1) is 12.2. The van der Waals surface area contributed by atoms with Crippen LogP contribution in [0.1, 0.15) is 23.1 Å². The van der Waals surface area contributed by atoms with Gasteiger partial charge in [-0.05, 0) is 43.0 Å². The van der Waals surface area contributed by atoms with Crippen LogP contribution in [0.3, 0.4) is 0 Å². The fourth-order valence-electron chi connectivity index (χ4n) is 3.29. The Morgan fingerprint density at radius 3 is 2.38 bits per heavy atom. The standard InChI is InChI=1S/C19H23NO4S2/c1-15-8-9-16(2)19(12-15)26(23,24)20(13-17-6-4-3-5-7-17)18-10-11-25(21,22)14-18/h3-9,12,18H,10-11,13-14H2,1-2H3/t18-/m0/s1. The van der Waals surface area contributed by atoms with E-state index in [0.717, 1.165) is 11.1 Å². The molecule has 3 rings (SSSR count). The second kappa shape index (κ2) is 7.13. The van der Waals surface area contributed by atoms with Gasteiger partial charge in [0.05, 0.1) is 16.4 Å². The molecule has 2 aromatic carbocycles. The van der Waals surface area contributed by atoms with E-state index in [9.17, 15) is 16.8 Å². The van der Waals surface area contributed by atoms with Crippen LogP contribution in [0.5, 0.6) is 0 Å². The van der Waals surface area contributed by atoms with Crippen LogP contribution in [0.25, 0.3) is 0 Å². The molecule has 1 atom stereocenters. The van der Waals surface area contributed by atoms with Crippen molar-refractivity contribution in [3.8, 4) is 0 Å². The van der Waals surface area contributed by atoms with Gasteiger partial charge in [0.2, 0.25) is 10.0 Å². The molecule has 1 fully saturated rings. The summed E-state index contributed by atoms with van der Waals surface area (Å²) in [5.74, 6) is -0.0881. The Balaban J connectivity index is 2.05. The van der Waals surface area contributed by atoms with Crippen molar-refractivity contribution >= 4 is 19.9 Å². The van der Waals surface area contributed by atoms with E-state index in [-0.39, 0.29) is 22.9 Å². The third kappa shape index (κ3) is 4.00. The highest BCUT2D eigenvalue weighted by Crippen LogP contribution is 2.29. The van der Waals surface area contributed by atoms with Crippen LogP contribution in [-0.2, 0) is 26.4 Å². The zero-order chi connectivity index (χ0) is 18.9. The van der Waals surface area contributed by atoms with Crippen molar-refractivity contribution in [1.29, 1.82) is 0 Å². The Hall–Kier alpha value is -1.70. The van der Waals surface area contributed by atoms with Gasteiger partial charge in [-0.1, -0.05) is 42.5 Å². The number of hydrogen-bond acceptors (Lipinski definition) is 4. The topological polar surface area (TPSA) is 71.5 Å². The third-order valence-corrected chi connectivity index (χ3v) is 8.52. The van der Waals surface area contributed by atoms with Crippen LogP contribution in [-0.4, -0.2) is 38.7 Å². The van der Waals surface area contributed by atoms with Gasteiger partial charge >= 0.3 is 0 Å². The maximum absolute atomic E-state index is 13.4. The highest BCUT2D eigenvalue weighted by Gasteiger charge is 2.39. The van der Waals surface area contributed by atoms with E-state index >= 15 is 0 Å². The molecule has 26 heavy (non-hydrogen) atoms. The molecule has 1 aliphatic rings. The minimum Gasteiger partial charge on any atom is -0.229 e. The van der Waals surface area contributed by atoms with Gasteiger partial charge in [-0.3, -0.25) is 0 Å². The highest BCUT2D eigenvalue weighted by molar-refractivity contribution is 7.92. The van der Waals surface area contributed by atoms with Gasteiger partial charge in [-0.2, -0.15) is 4.31 Å². The molecule has 0 amide bonds. The smallest absolute Gasteiger partial charge is 0.229 e. The molecule has 0 aromatic heterocycles. The number of aryl methyl sites for hydroxylation is 2. The average Bonchev–Trinajstić information content (AvgIpc) is 2.95. The summed E-state index contributed by atoms with van der Waals surface area (Å²) in [5, 5.41) is 0. The van der Waals surface area contributed by atoms with E-state index in [1.165, 1.54) is 4.31 Å². The maximum atomic E-state index is 13.4. The highest BCUT2D eigenvalue weighted by atomic mass is 32.2. The van der Waals surface area contributed by atoms with Gasteiger partial charge in [0.25, 0.3) is 0 Å². The molecule has 1 aliphatic heterocycles. The van der Waals surface area contributed by atoms with Crippen molar-refractivity contribution in [1.82, 2.24) is 4.31 Å². The summed E-state index contributed by atoms with van der Waals surface area (Å²) in [7, 11) is -7.02. The Kier molecular flexibility index (Phi) is 5.23. The lowest BCUT2D eigenvalue weighted by molar-refractivity contribution is 0.334. The van der Waals surface area contributed by atoms with Crippen LogP contribution >= 0.6 is 0 Å². The van der Waals surface area contributed by atoms with Crippen molar-refractivity contribution in [3.63, 3.8) is 0 Å². The fraction of sp³-hybridized carbons (Fsp3) is 0.368. The SMILES string of the molecule is Cc1ccc(C)c(S(=O)(=O)N(Cc2ccccc2)[C@H]2CCS(=O)(=O)C2)c1. The van der Waals surface area contributed by atoms with E-state index in [1.807, 2.05) is 43.3 Å². The van der Waals surface area contributed by atoms with Crippen molar-refractivity contribution in [2.75, 3.05) is 11.5 Å². The van der Waals surface area contributed by atoms with Gasteiger partial charge in [0.1, 0.15) is 0 Å². The molecule has 7 heteroatoms. The molecule has 1 saturated heterocycles. The van der Waals surface area contributed by atoms with Crippen molar-refractivity contribution in [2.45, 2.75) is 37.8 Å². The molecule has 0 spiro atoms. The lowest BCUT2D eigenvalue weighted by Crippen LogP contribution is -2.40. The zero-order valence-electron chi connectivity index (χ0n) is 14.9. The van der Waals surface area contributed by atoms with Gasteiger partial charge in [-0.15, -0.1) is 0 Å². The van der Waals surface area contributed by atoms with Gasteiger partial charge in [0, 0.05) is 12.6 Å². The van der Waals surface area contributed by atoms with Crippen molar-refractivity contribution in [2.24, 2.45) is 0 Å². The summed E-state index contributed by atoms with van der Waals surface area (Å²) >= 11 is 0. The van der Waals surface area contributed by atoms with Crippen LogP contribution in [0.2, 0.25) is 0 Å². The second-order valence-electron chi connectivity index (χ2n) is 6.86. The molecule has 0 aliphatic carbocycles. The number of benzene rings is 2. The Morgan fingerprint density at radius 2 is 1.77 bits per heavy atom. The van der Waals surface area contributed by atoms with E-state index in [4.69, 9.17) is 0 Å². The fourth-order valence-corrected chi connectivity index (χ4v) is 7.07. The predicted octanol–water partition coefficient (Wildman–Crippen LogP) is 2.68. The van der Waals surface area contributed by atoms with Gasteiger partial charge in [-0.25, -0.2) is 16.8 Å². The summed E-state index contributed by atoms with van der Waals surface area (Å²) in [6.45, 7) is 3.77. The molecule has 0 bridgehead atoms. The molecule has 2 aromatic rings. The molecular formula is C19H23NO4S2. The normalized spacial score (nSPS) is 19.7. The van der Waals surface area contributed by atoms with Gasteiger partial charge < -0.3 is 0 Å². The second-order valence-corrected chi connectivity index (χ2v) is 10.9. The Morgan fingerprint density at radius 1 is 1.08 bits per heavy atom. The van der Waals surface area contributed by atoms with E-state index < -0.39 is 25.9 Å². The molecule has 1 heterocycles. The molecule has 5 nitrogen and oxygen atoms in total. The minimum atomic E-state index is -3.82. The number of sulfonamides is 1. The molecule has 0 N–H and O–H groups in total. The van der Waals surface area contributed by atoms with Crippen LogP contribution in [0, 0.1) is 13.8 Å². The monoisotopic (exact) mass is 393 g/mol. The molecule has 140 valence electrons. The van der Waals surface area contributed by atoms with Crippen molar-refractivity contribution < 1.29 is 16.8 Å². The summed E-state index contributed by atoms with van der Waals surface area (Å²) < 4.78 is 52.2. The number of nitrogens with zero attached hydrogens (tertiary/aromatic N) is 1. The number of rotatable bonds is 5. The van der Waals surface area contributed by atoms with Crippen molar-refractivity contribution in [3.05, 3.63) is 65.2 Å². The first-order valence-corrected chi connectivity index (χ1v) is 11.8. The zero-order valence-corrected chi connectivity index (χ0v) is 16.6. The molecule has 0 radical (unpaired) electrons. The Labute approximate surface area is 155 Å². The lowest BCUT2D eigenvalue weighted by atomic mass is 10.2. The third-order valence-electron chi connectivity index (χ3n) is 4.73.